The molecule has 0 unspecified atom stereocenters. The van der Waals surface area contributed by atoms with Crippen LogP contribution >= 0.6 is 22.9 Å². The van der Waals surface area contributed by atoms with E-state index in [9.17, 15) is 4.79 Å². The Morgan fingerprint density at radius 3 is 2.73 bits per heavy atom. The second-order valence-electron chi connectivity index (χ2n) is 6.51. The molecule has 1 aromatic carbocycles. The summed E-state index contributed by atoms with van der Waals surface area (Å²) in [6, 6.07) is 9.57. The summed E-state index contributed by atoms with van der Waals surface area (Å²) < 4.78 is 7.23. The molecule has 0 radical (unpaired) electrons. The van der Waals surface area contributed by atoms with Gasteiger partial charge in [0.2, 0.25) is 0 Å². The number of hydrogen-bond acceptors (Lipinski definition) is 4. The van der Waals surface area contributed by atoms with E-state index >= 15 is 0 Å². The van der Waals surface area contributed by atoms with Gasteiger partial charge in [-0.1, -0.05) is 23.7 Å². The van der Waals surface area contributed by atoms with Crippen molar-refractivity contribution in [2.45, 2.75) is 25.9 Å². The first-order valence-corrected chi connectivity index (χ1v) is 9.84. The quantitative estimate of drug-likeness (QED) is 0.671. The number of rotatable bonds is 3. The van der Waals surface area contributed by atoms with Crippen molar-refractivity contribution in [1.82, 2.24) is 14.7 Å². The van der Waals surface area contributed by atoms with Gasteiger partial charge < -0.3 is 9.64 Å². The Bertz CT molecular complexity index is 957. The molecule has 1 aliphatic heterocycles. The summed E-state index contributed by atoms with van der Waals surface area (Å²) in [6.45, 7) is 3.43. The van der Waals surface area contributed by atoms with Gasteiger partial charge in [0.15, 0.2) is 0 Å². The van der Waals surface area contributed by atoms with E-state index in [0.717, 1.165) is 52.4 Å². The molecular weight excluding hydrogens is 370 g/mol. The second-order valence-corrected chi connectivity index (χ2v) is 7.94. The Labute approximate surface area is 161 Å². The molecule has 0 N–H and O–H groups in total. The van der Waals surface area contributed by atoms with Gasteiger partial charge in [-0.25, -0.2) is 4.68 Å². The first-order valence-electron chi connectivity index (χ1n) is 8.64. The van der Waals surface area contributed by atoms with Gasteiger partial charge in [0, 0.05) is 25.6 Å². The van der Waals surface area contributed by atoms with Gasteiger partial charge >= 0.3 is 0 Å². The molecule has 3 aromatic rings. The maximum absolute atomic E-state index is 12.9. The van der Waals surface area contributed by atoms with Crippen molar-refractivity contribution >= 4 is 39.1 Å². The molecule has 0 spiro atoms. The lowest BCUT2D eigenvalue weighted by Crippen LogP contribution is -2.40. The molecule has 1 saturated heterocycles. The summed E-state index contributed by atoms with van der Waals surface area (Å²) >= 11 is 7.82. The summed E-state index contributed by atoms with van der Waals surface area (Å²) in [6.07, 6.45) is 2.04. The zero-order chi connectivity index (χ0) is 18.3. The zero-order valence-corrected chi connectivity index (χ0v) is 16.3. The third-order valence-electron chi connectivity index (χ3n) is 4.90. The molecule has 2 aromatic heterocycles. The molecule has 7 heteroatoms. The molecule has 5 nitrogen and oxygen atoms in total. The average molecular weight is 390 g/mol. The van der Waals surface area contributed by atoms with Crippen LogP contribution in [0.2, 0.25) is 5.02 Å². The number of methoxy groups -OCH3 is 1. The first kappa shape index (κ1) is 17.5. The molecule has 136 valence electrons. The number of carbonyl (C=O) groups is 1. The average Bonchev–Trinajstić information content (AvgIpc) is 3.23. The number of thiophene rings is 1. The molecule has 0 bridgehead atoms. The molecule has 0 atom stereocenters. The third-order valence-corrected chi connectivity index (χ3v) is 6.32. The molecule has 1 aliphatic rings. The fraction of sp³-hybridized carbons (Fsp3) is 0.368. The van der Waals surface area contributed by atoms with Crippen LogP contribution in [0, 0.1) is 6.92 Å². The van der Waals surface area contributed by atoms with Crippen molar-refractivity contribution in [3.05, 3.63) is 45.9 Å². The fourth-order valence-electron chi connectivity index (χ4n) is 3.39. The molecular formula is C19H20ClN3O2S. The number of para-hydroxylation sites is 1. The molecule has 0 saturated carbocycles. The zero-order valence-electron chi connectivity index (χ0n) is 14.7. The molecule has 1 amide bonds. The van der Waals surface area contributed by atoms with Crippen LogP contribution in [0.4, 0.5) is 0 Å². The SMILES string of the molecule is COC1CCN(C(=O)c2cc3c(C)nn(-c4ccccc4Cl)c3s2)CC1. The van der Waals surface area contributed by atoms with Gasteiger partial charge in [-0.15, -0.1) is 11.3 Å². The van der Waals surface area contributed by atoms with E-state index in [1.165, 1.54) is 11.3 Å². The highest BCUT2D eigenvalue weighted by atomic mass is 35.5. The molecule has 0 aliphatic carbocycles. The number of likely N-dealkylation sites (tertiary alicyclic amines) is 1. The number of nitrogens with zero attached hydrogens (tertiary/aromatic N) is 3. The predicted molar refractivity (Wildman–Crippen MR) is 105 cm³/mol. The minimum atomic E-state index is 0.0888. The van der Waals surface area contributed by atoms with Crippen molar-refractivity contribution in [3.8, 4) is 5.69 Å². The standard InChI is InChI=1S/C19H20ClN3O2S/c1-12-14-11-17(18(24)22-9-7-13(25-2)8-10-22)26-19(14)23(21-12)16-6-4-3-5-15(16)20/h3-6,11,13H,7-10H2,1-2H3. The summed E-state index contributed by atoms with van der Waals surface area (Å²) in [5, 5.41) is 6.26. The van der Waals surface area contributed by atoms with E-state index in [-0.39, 0.29) is 12.0 Å². The fourth-order valence-corrected chi connectivity index (χ4v) is 4.75. The first-order chi connectivity index (χ1) is 12.6. The van der Waals surface area contributed by atoms with Gasteiger partial charge in [0.1, 0.15) is 4.83 Å². The number of fused-ring (bicyclic) bond motifs is 1. The summed E-state index contributed by atoms with van der Waals surface area (Å²) in [5.41, 5.74) is 1.72. The summed E-state index contributed by atoms with van der Waals surface area (Å²) in [4.78, 5) is 16.5. The number of amides is 1. The van der Waals surface area contributed by atoms with Crippen molar-refractivity contribution in [2.75, 3.05) is 20.2 Å². The monoisotopic (exact) mass is 389 g/mol. The lowest BCUT2D eigenvalue weighted by Gasteiger charge is -2.30. The number of aromatic nitrogens is 2. The Kier molecular flexibility index (Phi) is 4.73. The summed E-state index contributed by atoms with van der Waals surface area (Å²) in [5.74, 6) is 0.0888. The van der Waals surface area contributed by atoms with Gasteiger partial charge in [-0.2, -0.15) is 5.10 Å². The van der Waals surface area contributed by atoms with Crippen LogP contribution in [-0.2, 0) is 4.74 Å². The van der Waals surface area contributed by atoms with E-state index in [1.54, 1.807) is 7.11 Å². The Hall–Kier alpha value is -1.89. The van der Waals surface area contributed by atoms with Gasteiger partial charge in [-0.05, 0) is 38.0 Å². The largest absolute Gasteiger partial charge is 0.381 e. The predicted octanol–water partition coefficient (Wildman–Crippen LogP) is 4.30. The number of carbonyl (C=O) groups excluding carboxylic acids is 1. The van der Waals surface area contributed by atoms with Crippen molar-refractivity contribution < 1.29 is 9.53 Å². The minimum Gasteiger partial charge on any atom is -0.381 e. The van der Waals surface area contributed by atoms with Crippen LogP contribution in [0.3, 0.4) is 0 Å². The Balaban J connectivity index is 1.67. The second kappa shape index (κ2) is 7.02. The number of ether oxygens (including phenoxy) is 1. The molecule has 3 heterocycles. The number of piperidine rings is 1. The van der Waals surface area contributed by atoms with Crippen molar-refractivity contribution in [2.24, 2.45) is 0 Å². The molecule has 1 fully saturated rings. The number of benzene rings is 1. The third kappa shape index (κ3) is 3.02. The van der Waals surface area contributed by atoms with E-state index in [4.69, 9.17) is 16.3 Å². The van der Waals surface area contributed by atoms with E-state index < -0.39 is 0 Å². The minimum absolute atomic E-state index is 0.0888. The summed E-state index contributed by atoms with van der Waals surface area (Å²) in [7, 11) is 1.73. The van der Waals surface area contributed by atoms with Crippen LogP contribution in [0.5, 0.6) is 0 Å². The van der Waals surface area contributed by atoms with Gasteiger partial charge in [0.25, 0.3) is 5.91 Å². The lowest BCUT2D eigenvalue weighted by atomic mass is 10.1. The highest BCUT2D eigenvalue weighted by Gasteiger charge is 2.26. The van der Waals surface area contributed by atoms with E-state index in [1.807, 2.05) is 46.8 Å². The highest BCUT2D eigenvalue weighted by Crippen LogP contribution is 2.33. The normalized spacial score (nSPS) is 15.7. The Morgan fingerprint density at radius 1 is 1.31 bits per heavy atom. The number of halogens is 1. The van der Waals surface area contributed by atoms with E-state index in [0.29, 0.717) is 5.02 Å². The van der Waals surface area contributed by atoms with Crippen molar-refractivity contribution in [1.29, 1.82) is 0 Å². The maximum atomic E-state index is 12.9. The highest BCUT2D eigenvalue weighted by molar-refractivity contribution is 7.20. The Morgan fingerprint density at radius 2 is 2.04 bits per heavy atom. The van der Waals surface area contributed by atoms with Gasteiger partial charge in [-0.3, -0.25) is 4.79 Å². The number of hydrogen-bond donors (Lipinski definition) is 0. The maximum Gasteiger partial charge on any atom is 0.264 e. The smallest absolute Gasteiger partial charge is 0.264 e. The number of aryl methyl sites for hydroxylation is 1. The topological polar surface area (TPSA) is 47.4 Å². The van der Waals surface area contributed by atoms with Crippen LogP contribution in [-0.4, -0.2) is 46.9 Å². The van der Waals surface area contributed by atoms with Crippen LogP contribution in [0.25, 0.3) is 15.9 Å². The van der Waals surface area contributed by atoms with E-state index in [2.05, 4.69) is 5.10 Å². The van der Waals surface area contributed by atoms with Gasteiger partial charge in [0.05, 0.1) is 27.4 Å². The van der Waals surface area contributed by atoms with Crippen molar-refractivity contribution in [3.63, 3.8) is 0 Å². The molecule has 26 heavy (non-hydrogen) atoms. The van der Waals surface area contributed by atoms with Crippen LogP contribution in [0.15, 0.2) is 30.3 Å². The molecule has 4 rings (SSSR count). The van der Waals surface area contributed by atoms with Crippen LogP contribution in [0.1, 0.15) is 28.2 Å². The lowest BCUT2D eigenvalue weighted by molar-refractivity contribution is 0.0353. The van der Waals surface area contributed by atoms with Crippen LogP contribution < -0.4 is 0 Å².